The van der Waals surface area contributed by atoms with Gasteiger partial charge in [-0.25, -0.2) is 4.98 Å². The second-order valence-corrected chi connectivity index (χ2v) is 11.2. The molecule has 0 aromatic carbocycles. The molecule has 11 heteroatoms. The molecule has 4 atom stereocenters. The van der Waals surface area contributed by atoms with Crippen LogP contribution in [0, 0.1) is 11.8 Å². The molecule has 204 valence electrons. The number of esters is 1. The van der Waals surface area contributed by atoms with E-state index in [1.165, 1.54) is 23.6 Å². The molecule has 0 unspecified atom stereocenters. The molecular weight excluding hydrogens is 482 g/mol. The quantitative estimate of drug-likeness (QED) is 0.378. The lowest BCUT2D eigenvalue weighted by Gasteiger charge is -2.38. The molecule has 1 heterocycles. The lowest BCUT2D eigenvalue weighted by molar-refractivity contribution is -0.149. The summed E-state index contributed by atoms with van der Waals surface area (Å²) in [5, 5.41) is 4.94. The molecule has 0 radical (unpaired) electrons. The van der Waals surface area contributed by atoms with Crippen molar-refractivity contribution in [1.29, 1.82) is 0 Å². The van der Waals surface area contributed by atoms with E-state index in [0.717, 1.165) is 0 Å². The Morgan fingerprint density at radius 2 is 1.75 bits per heavy atom. The fourth-order valence-electron chi connectivity index (χ4n) is 3.63. The molecule has 1 aromatic rings. The molecule has 3 amide bonds. The van der Waals surface area contributed by atoms with E-state index < -0.39 is 29.6 Å². The van der Waals surface area contributed by atoms with Gasteiger partial charge in [-0.05, 0) is 39.8 Å². The van der Waals surface area contributed by atoms with Gasteiger partial charge in [0.2, 0.25) is 11.8 Å². The average Bonchev–Trinajstić information content (AvgIpc) is 3.28. The van der Waals surface area contributed by atoms with Crippen molar-refractivity contribution in [2.75, 3.05) is 21.1 Å². The first kappa shape index (κ1) is 31.5. The van der Waals surface area contributed by atoms with Crippen molar-refractivity contribution in [3.05, 3.63) is 16.1 Å². The Kier molecular flexibility index (Phi) is 11.5. The summed E-state index contributed by atoms with van der Waals surface area (Å²) < 4.78 is 5.55. The smallest absolute Gasteiger partial charge is 0.303 e. The molecule has 0 aliphatic heterocycles. The molecule has 3 N–H and O–H groups in total. The Labute approximate surface area is 218 Å². The number of amides is 3. The van der Waals surface area contributed by atoms with Crippen LogP contribution in [0.4, 0.5) is 0 Å². The maximum Gasteiger partial charge on any atom is 0.303 e. The van der Waals surface area contributed by atoms with Crippen LogP contribution in [0.2, 0.25) is 0 Å². The van der Waals surface area contributed by atoms with E-state index in [1.807, 2.05) is 41.8 Å². The van der Waals surface area contributed by atoms with E-state index in [-0.39, 0.29) is 41.8 Å². The number of nitrogens with two attached hydrogens (primary N) is 1. The van der Waals surface area contributed by atoms with Gasteiger partial charge in [0.05, 0.1) is 5.54 Å². The van der Waals surface area contributed by atoms with Gasteiger partial charge in [0.1, 0.15) is 16.7 Å². The van der Waals surface area contributed by atoms with Crippen LogP contribution >= 0.6 is 11.3 Å². The van der Waals surface area contributed by atoms with Gasteiger partial charge in [-0.1, -0.05) is 34.1 Å². The lowest BCUT2D eigenvalue weighted by atomic mass is 9.92. The van der Waals surface area contributed by atoms with Gasteiger partial charge in [0.15, 0.2) is 6.10 Å². The average molecular weight is 526 g/mol. The number of nitrogens with zero attached hydrogens (tertiary/aromatic N) is 3. The minimum Gasteiger partial charge on any atom is -0.455 e. The van der Waals surface area contributed by atoms with Gasteiger partial charge in [0, 0.05) is 31.8 Å². The summed E-state index contributed by atoms with van der Waals surface area (Å²) in [6, 6.07) is -1.06. The van der Waals surface area contributed by atoms with Crippen molar-refractivity contribution >= 4 is 35.0 Å². The molecule has 1 rings (SSSR count). The van der Waals surface area contributed by atoms with Gasteiger partial charge in [-0.2, -0.15) is 0 Å². The molecule has 0 aliphatic carbocycles. The largest absolute Gasteiger partial charge is 0.455 e. The predicted octanol–water partition coefficient (Wildman–Crippen LogP) is 2.59. The van der Waals surface area contributed by atoms with E-state index in [4.69, 9.17) is 10.5 Å². The monoisotopic (exact) mass is 525 g/mol. The Hall–Kier alpha value is -2.53. The summed E-state index contributed by atoms with van der Waals surface area (Å²) in [6.07, 6.45) is 0.215. The van der Waals surface area contributed by atoms with Crippen molar-refractivity contribution in [3.63, 3.8) is 0 Å². The Balaban J connectivity index is 3.27. The standard InChI is InChI=1S/C25H43N5O5S/c1-11-15(4)20(28-24(34)25(6,7)29(8)9)23(33)30(10)18(14(2)3)12-19(35-16(5)31)22-27-17(13-36-22)21(26)32/h13-15,18-20H,11-12H2,1-10H3,(H2,26,32)(H,28,34)/t15-,18+,19+,20-/m0/s1. The molecule has 0 bridgehead atoms. The number of likely N-dealkylation sites (N-methyl/N-ethyl adjacent to an activating group) is 2. The third-order valence-electron chi connectivity index (χ3n) is 6.87. The number of carbonyl (C=O) groups excluding carboxylic acids is 4. The van der Waals surface area contributed by atoms with Crippen LogP contribution in [0.5, 0.6) is 0 Å². The summed E-state index contributed by atoms with van der Waals surface area (Å²) in [4.78, 5) is 57.9. The summed E-state index contributed by atoms with van der Waals surface area (Å²) in [5.41, 5.74) is 4.63. The third kappa shape index (κ3) is 7.99. The fraction of sp³-hybridized carbons (Fsp3) is 0.720. The van der Waals surface area contributed by atoms with E-state index in [0.29, 0.717) is 11.4 Å². The zero-order chi connectivity index (χ0) is 28.0. The normalized spacial score (nSPS) is 15.2. The van der Waals surface area contributed by atoms with Crippen molar-refractivity contribution in [2.45, 2.75) is 85.0 Å². The third-order valence-corrected chi connectivity index (χ3v) is 7.80. The van der Waals surface area contributed by atoms with E-state index in [1.54, 1.807) is 30.7 Å². The molecular formula is C25H43N5O5S. The predicted molar refractivity (Wildman–Crippen MR) is 140 cm³/mol. The van der Waals surface area contributed by atoms with Gasteiger partial charge in [-0.3, -0.25) is 24.1 Å². The number of hydrogen-bond acceptors (Lipinski definition) is 8. The molecule has 0 saturated heterocycles. The minimum atomic E-state index is -0.800. The van der Waals surface area contributed by atoms with Gasteiger partial charge in [-0.15, -0.1) is 11.3 Å². The summed E-state index contributed by atoms with van der Waals surface area (Å²) in [6.45, 7) is 12.8. The molecule has 1 aromatic heterocycles. The number of aromatic nitrogens is 1. The second kappa shape index (κ2) is 13.1. The van der Waals surface area contributed by atoms with E-state index in [2.05, 4.69) is 10.3 Å². The van der Waals surface area contributed by atoms with Crippen LogP contribution in [-0.2, 0) is 19.1 Å². The topological polar surface area (TPSA) is 135 Å². The van der Waals surface area contributed by atoms with Crippen LogP contribution in [0.25, 0.3) is 0 Å². The number of carbonyl (C=O) groups is 4. The van der Waals surface area contributed by atoms with E-state index >= 15 is 0 Å². The molecule has 0 spiro atoms. The fourth-order valence-corrected chi connectivity index (χ4v) is 4.48. The number of rotatable bonds is 13. The first-order chi connectivity index (χ1) is 16.5. The van der Waals surface area contributed by atoms with Crippen LogP contribution in [0.15, 0.2) is 5.38 Å². The van der Waals surface area contributed by atoms with Gasteiger partial charge in [0.25, 0.3) is 5.91 Å². The maximum atomic E-state index is 13.8. The molecule has 0 fully saturated rings. The van der Waals surface area contributed by atoms with E-state index in [9.17, 15) is 19.2 Å². The highest BCUT2D eigenvalue weighted by atomic mass is 32.1. The number of ether oxygens (including phenoxy) is 1. The van der Waals surface area contributed by atoms with Crippen molar-refractivity contribution in [3.8, 4) is 0 Å². The molecule has 36 heavy (non-hydrogen) atoms. The van der Waals surface area contributed by atoms with Crippen LogP contribution < -0.4 is 11.1 Å². The number of thiazole rings is 1. The zero-order valence-electron chi connectivity index (χ0n) is 23.2. The van der Waals surface area contributed by atoms with Crippen molar-refractivity contribution in [1.82, 2.24) is 20.1 Å². The lowest BCUT2D eigenvalue weighted by Crippen LogP contribution is -2.60. The zero-order valence-corrected chi connectivity index (χ0v) is 24.1. The first-order valence-electron chi connectivity index (χ1n) is 12.2. The molecule has 0 aliphatic rings. The highest BCUT2D eigenvalue weighted by molar-refractivity contribution is 7.09. The number of primary amides is 1. The van der Waals surface area contributed by atoms with Gasteiger partial charge < -0.3 is 20.7 Å². The highest BCUT2D eigenvalue weighted by Gasteiger charge is 2.38. The Morgan fingerprint density at radius 3 is 2.17 bits per heavy atom. The SMILES string of the molecule is CC[C@H](C)[C@H](NC(=O)C(C)(C)N(C)C)C(=O)N(C)[C@H](C[C@@H](OC(C)=O)c1nc(C(N)=O)cs1)C(C)C. The van der Waals surface area contributed by atoms with Crippen molar-refractivity contribution < 1.29 is 23.9 Å². The summed E-state index contributed by atoms with van der Waals surface area (Å²) in [7, 11) is 5.34. The second-order valence-electron chi connectivity index (χ2n) is 10.3. The summed E-state index contributed by atoms with van der Waals surface area (Å²) in [5.74, 6) is -1.72. The highest BCUT2D eigenvalue weighted by Crippen LogP contribution is 2.31. The van der Waals surface area contributed by atoms with Crippen LogP contribution in [-0.4, -0.2) is 77.2 Å². The number of nitrogens with one attached hydrogen (secondary N) is 1. The molecule has 10 nitrogen and oxygen atoms in total. The van der Waals surface area contributed by atoms with Crippen molar-refractivity contribution in [2.24, 2.45) is 17.6 Å². The number of hydrogen-bond donors (Lipinski definition) is 2. The summed E-state index contributed by atoms with van der Waals surface area (Å²) >= 11 is 1.18. The molecule has 0 saturated carbocycles. The Morgan fingerprint density at radius 1 is 1.17 bits per heavy atom. The van der Waals surface area contributed by atoms with Crippen LogP contribution in [0.3, 0.4) is 0 Å². The first-order valence-corrected chi connectivity index (χ1v) is 13.1. The Bertz CT molecular complexity index is 930. The van der Waals surface area contributed by atoms with Gasteiger partial charge >= 0.3 is 5.97 Å². The minimum absolute atomic E-state index is 0.000850. The van der Waals surface area contributed by atoms with Crippen LogP contribution in [0.1, 0.15) is 82.9 Å². The maximum absolute atomic E-state index is 13.8.